The van der Waals surface area contributed by atoms with E-state index in [4.69, 9.17) is 5.73 Å². The Labute approximate surface area is 154 Å². The van der Waals surface area contributed by atoms with E-state index in [1.54, 1.807) is 11.3 Å². The fourth-order valence-electron chi connectivity index (χ4n) is 3.71. The molecule has 2 aromatic rings. The molecule has 4 heteroatoms. The molecule has 0 saturated heterocycles. The van der Waals surface area contributed by atoms with Gasteiger partial charge in [-0.05, 0) is 54.7 Å². The van der Waals surface area contributed by atoms with Crippen molar-refractivity contribution in [2.75, 3.05) is 11.1 Å². The van der Waals surface area contributed by atoms with Crippen LogP contribution in [0.25, 0.3) is 0 Å². The maximum atomic E-state index is 12.9. The Hall–Kier alpha value is -1.81. The van der Waals surface area contributed by atoms with Crippen LogP contribution in [0.5, 0.6) is 0 Å². The first-order valence-corrected chi connectivity index (χ1v) is 9.92. The zero-order valence-corrected chi connectivity index (χ0v) is 16.4. The Morgan fingerprint density at radius 1 is 1.36 bits per heavy atom. The summed E-state index contributed by atoms with van der Waals surface area (Å²) in [5.41, 5.74) is 10.4. The molecule has 1 atom stereocenters. The number of nitrogen functional groups attached to an aromatic ring is 1. The van der Waals surface area contributed by atoms with Gasteiger partial charge in [0.1, 0.15) is 0 Å². The summed E-state index contributed by atoms with van der Waals surface area (Å²) in [6, 6.07) is 7.84. The Morgan fingerprint density at radius 3 is 2.76 bits per heavy atom. The van der Waals surface area contributed by atoms with Gasteiger partial charge in [-0.1, -0.05) is 45.4 Å². The number of nitrogens with one attached hydrogen (secondary N) is 1. The topological polar surface area (TPSA) is 55.1 Å². The van der Waals surface area contributed by atoms with E-state index >= 15 is 0 Å². The number of thiophene rings is 1. The second kappa shape index (κ2) is 6.83. The molecular formula is C21H28N2OS. The fourth-order valence-corrected chi connectivity index (χ4v) is 4.91. The van der Waals surface area contributed by atoms with Gasteiger partial charge in [0.2, 0.25) is 0 Å². The van der Waals surface area contributed by atoms with Gasteiger partial charge in [-0.3, -0.25) is 4.79 Å². The molecule has 1 heterocycles. The Kier molecular flexibility index (Phi) is 4.92. The van der Waals surface area contributed by atoms with Crippen LogP contribution in [0.2, 0.25) is 0 Å². The Bertz CT molecular complexity index is 791. The average Bonchev–Trinajstić information content (AvgIpc) is 2.91. The molecule has 3 rings (SSSR count). The molecule has 1 aromatic carbocycles. The quantitative estimate of drug-likeness (QED) is 0.767. The van der Waals surface area contributed by atoms with Gasteiger partial charge in [0.25, 0.3) is 5.91 Å². The number of para-hydroxylation sites is 1. The molecule has 3 N–H and O–H groups in total. The number of anilines is 2. The molecule has 25 heavy (non-hydrogen) atoms. The SMILES string of the molecule is CCC(C)(C)[C@H]1CCc2c(sc(N)c2C(=O)Nc2ccccc2C)C1. The largest absolute Gasteiger partial charge is 0.390 e. The fraction of sp³-hybridized carbons (Fsp3) is 0.476. The number of hydrogen-bond acceptors (Lipinski definition) is 3. The summed E-state index contributed by atoms with van der Waals surface area (Å²) in [6.07, 6.45) is 4.31. The average molecular weight is 357 g/mol. The molecule has 134 valence electrons. The highest BCUT2D eigenvalue weighted by molar-refractivity contribution is 7.16. The lowest BCUT2D eigenvalue weighted by Gasteiger charge is -2.36. The van der Waals surface area contributed by atoms with Crippen molar-refractivity contribution in [2.24, 2.45) is 11.3 Å². The third kappa shape index (κ3) is 3.45. The highest BCUT2D eigenvalue weighted by Gasteiger charge is 2.34. The number of benzene rings is 1. The number of aryl methyl sites for hydroxylation is 1. The monoisotopic (exact) mass is 356 g/mol. The number of carbonyl (C=O) groups is 1. The minimum absolute atomic E-state index is 0.0718. The van der Waals surface area contributed by atoms with Crippen molar-refractivity contribution in [3.63, 3.8) is 0 Å². The van der Waals surface area contributed by atoms with E-state index in [9.17, 15) is 4.79 Å². The molecule has 1 aromatic heterocycles. The van der Waals surface area contributed by atoms with Crippen molar-refractivity contribution >= 4 is 27.9 Å². The molecule has 3 nitrogen and oxygen atoms in total. The second-order valence-electron chi connectivity index (χ2n) is 7.79. The third-order valence-electron chi connectivity index (χ3n) is 5.93. The van der Waals surface area contributed by atoms with Gasteiger partial charge in [0.15, 0.2) is 0 Å². The zero-order valence-electron chi connectivity index (χ0n) is 15.6. The number of fused-ring (bicyclic) bond motifs is 1. The maximum absolute atomic E-state index is 12.9. The van der Waals surface area contributed by atoms with Crippen LogP contribution in [-0.2, 0) is 12.8 Å². The van der Waals surface area contributed by atoms with Crippen molar-refractivity contribution in [2.45, 2.75) is 53.4 Å². The molecule has 0 aliphatic heterocycles. The first kappa shape index (κ1) is 18.0. The number of amides is 1. The molecule has 1 aliphatic rings. The summed E-state index contributed by atoms with van der Waals surface area (Å²) in [6.45, 7) is 8.97. The summed E-state index contributed by atoms with van der Waals surface area (Å²) in [4.78, 5) is 14.2. The van der Waals surface area contributed by atoms with E-state index in [-0.39, 0.29) is 5.91 Å². The number of nitrogens with two attached hydrogens (primary N) is 1. The second-order valence-corrected chi connectivity index (χ2v) is 8.93. The summed E-state index contributed by atoms with van der Waals surface area (Å²) < 4.78 is 0. The van der Waals surface area contributed by atoms with Crippen LogP contribution in [0, 0.1) is 18.3 Å². The molecule has 0 fully saturated rings. The lowest BCUT2D eigenvalue weighted by molar-refractivity contribution is 0.102. The summed E-state index contributed by atoms with van der Waals surface area (Å²) in [7, 11) is 0. The van der Waals surface area contributed by atoms with E-state index in [1.807, 2.05) is 31.2 Å². The lowest BCUT2D eigenvalue weighted by Crippen LogP contribution is -2.29. The molecule has 0 saturated carbocycles. The van der Waals surface area contributed by atoms with Crippen molar-refractivity contribution in [3.05, 3.63) is 45.8 Å². The van der Waals surface area contributed by atoms with E-state index in [0.29, 0.717) is 21.9 Å². The summed E-state index contributed by atoms with van der Waals surface area (Å²) >= 11 is 1.61. The number of carbonyl (C=O) groups excluding carboxylic acids is 1. The van der Waals surface area contributed by atoms with Crippen LogP contribution in [0.15, 0.2) is 24.3 Å². The van der Waals surface area contributed by atoms with Crippen LogP contribution in [0.4, 0.5) is 10.7 Å². The van der Waals surface area contributed by atoms with Crippen LogP contribution in [0.3, 0.4) is 0 Å². The van der Waals surface area contributed by atoms with Crippen molar-refractivity contribution < 1.29 is 4.79 Å². The predicted molar refractivity (Wildman–Crippen MR) is 107 cm³/mol. The molecule has 1 aliphatic carbocycles. The van der Waals surface area contributed by atoms with E-state index in [2.05, 4.69) is 26.1 Å². The Morgan fingerprint density at radius 2 is 2.08 bits per heavy atom. The van der Waals surface area contributed by atoms with Gasteiger partial charge in [0.05, 0.1) is 10.6 Å². The van der Waals surface area contributed by atoms with E-state index in [0.717, 1.165) is 30.5 Å². The number of rotatable bonds is 4. The standard InChI is InChI=1S/C21H28N2OS/c1-5-21(3,4)14-10-11-15-17(12-14)25-19(22)18(15)20(24)23-16-9-7-6-8-13(16)2/h6-9,14H,5,10-12,22H2,1-4H3,(H,23,24)/t14-/m0/s1. The van der Waals surface area contributed by atoms with Gasteiger partial charge in [-0.25, -0.2) is 0 Å². The van der Waals surface area contributed by atoms with Crippen LogP contribution >= 0.6 is 11.3 Å². The number of hydrogen-bond donors (Lipinski definition) is 2. The molecule has 0 unspecified atom stereocenters. The molecular weight excluding hydrogens is 328 g/mol. The zero-order chi connectivity index (χ0) is 18.2. The minimum Gasteiger partial charge on any atom is -0.390 e. The van der Waals surface area contributed by atoms with Crippen molar-refractivity contribution in [1.82, 2.24) is 0 Å². The molecule has 0 bridgehead atoms. The third-order valence-corrected chi connectivity index (χ3v) is 7.01. The van der Waals surface area contributed by atoms with Crippen molar-refractivity contribution in [3.8, 4) is 0 Å². The van der Waals surface area contributed by atoms with E-state index < -0.39 is 0 Å². The smallest absolute Gasteiger partial charge is 0.258 e. The summed E-state index contributed by atoms with van der Waals surface area (Å²) in [5, 5.41) is 3.70. The molecule has 0 spiro atoms. The van der Waals surface area contributed by atoms with E-state index in [1.165, 1.54) is 16.9 Å². The lowest BCUT2D eigenvalue weighted by atomic mass is 9.69. The van der Waals surface area contributed by atoms with Gasteiger partial charge in [-0.15, -0.1) is 11.3 Å². The predicted octanol–water partition coefficient (Wildman–Crippen LogP) is 5.43. The van der Waals surface area contributed by atoms with Gasteiger partial charge in [0, 0.05) is 10.6 Å². The van der Waals surface area contributed by atoms with Gasteiger partial charge in [-0.2, -0.15) is 0 Å². The first-order valence-electron chi connectivity index (χ1n) is 9.10. The van der Waals surface area contributed by atoms with Crippen LogP contribution in [0.1, 0.15) is 60.0 Å². The maximum Gasteiger partial charge on any atom is 0.258 e. The van der Waals surface area contributed by atoms with Crippen molar-refractivity contribution in [1.29, 1.82) is 0 Å². The minimum atomic E-state index is -0.0718. The van der Waals surface area contributed by atoms with Crippen LogP contribution in [-0.4, -0.2) is 5.91 Å². The highest BCUT2D eigenvalue weighted by atomic mass is 32.1. The first-order chi connectivity index (χ1) is 11.8. The Balaban J connectivity index is 1.86. The molecule has 1 amide bonds. The summed E-state index contributed by atoms with van der Waals surface area (Å²) in [5.74, 6) is 0.591. The molecule has 0 radical (unpaired) electrons. The van der Waals surface area contributed by atoms with Gasteiger partial charge >= 0.3 is 0 Å². The van der Waals surface area contributed by atoms with Crippen LogP contribution < -0.4 is 11.1 Å². The van der Waals surface area contributed by atoms with Gasteiger partial charge < -0.3 is 11.1 Å². The highest BCUT2D eigenvalue weighted by Crippen LogP contribution is 2.44. The normalized spacial score (nSPS) is 17.2.